The van der Waals surface area contributed by atoms with Crippen molar-refractivity contribution in [2.45, 2.75) is 40.3 Å². The third-order valence-electron chi connectivity index (χ3n) is 2.02. The van der Waals surface area contributed by atoms with E-state index in [-0.39, 0.29) is 6.10 Å². The highest BCUT2D eigenvalue weighted by molar-refractivity contribution is 5.28. The van der Waals surface area contributed by atoms with E-state index < -0.39 is 0 Å². The monoisotopic (exact) mass is 211 g/mol. The molecule has 4 heteroatoms. The van der Waals surface area contributed by atoms with Gasteiger partial charge in [0.1, 0.15) is 0 Å². The van der Waals surface area contributed by atoms with E-state index >= 15 is 0 Å². The predicted molar refractivity (Wildman–Crippen MR) is 62.2 cm³/mol. The van der Waals surface area contributed by atoms with Gasteiger partial charge in [-0.15, -0.1) is 0 Å². The molecule has 0 unspecified atom stereocenters. The molecule has 0 aromatic carbocycles. The van der Waals surface area contributed by atoms with Gasteiger partial charge < -0.3 is 14.6 Å². The molecule has 0 saturated heterocycles. The van der Waals surface area contributed by atoms with Gasteiger partial charge in [0.2, 0.25) is 5.95 Å². The Balaban J connectivity index is 2.51. The Morgan fingerprint density at radius 1 is 1.53 bits per heavy atom. The van der Waals surface area contributed by atoms with E-state index in [1.54, 1.807) is 0 Å². The summed E-state index contributed by atoms with van der Waals surface area (Å²) in [5, 5.41) is 3.23. The first-order valence-electron chi connectivity index (χ1n) is 5.52. The first kappa shape index (κ1) is 12.0. The second-order valence-corrected chi connectivity index (χ2v) is 3.85. The first-order chi connectivity index (χ1) is 7.13. The Labute approximate surface area is 91.7 Å². The van der Waals surface area contributed by atoms with Crippen molar-refractivity contribution < 1.29 is 4.74 Å². The summed E-state index contributed by atoms with van der Waals surface area (Å²) in [7, 11) is 0. The van der Waals surface area contributed by atoms with E-state index in [1.165, 1.54) is 0 Å². The van der Waals surface area contributed by atoms with Crippen LogP contribution < -0.4 is 5.32 Å². The molecule has 0 radical (unpaired) electrons. The van der Waals surface area contributed by atoms with Gasteiger partial charge in [0.15, 0.2) is 0 Å². The molecular weight excluding hydrogens is 190 g/mol. The molecule has 0 amide bonds. The summed E-state index contributed by atoms with van der Waals surface area (Å²) in [5.41, 5.74) is 1.04. The van der Waals surface area contributed by atoms with Crippen molar-refractivity contribution in [3.05, 3.63) is 11.9 Å². The molecule has 15 heavy (non-hydrogen) atoms. The van der Waals surface area contributed by atoms with Gasteiger partial charge in [-0.2, -0.15) is 0 Å². The van der Waals surface area contributed by atoms with E-state index in [2.05, 4.69) is 21.8 Å². The zero-order valence-corrected chi connectivity index (χ0v) is 10.1. The Bertz CT molecular complexity index is 294. The van der Waals surface area contributed by atoms with Crippen molar-refractivity contribution in [3.8, 4) is 0 Å². The van der Waals surface area contributed by atoms with Crippen LogP contribution in [0.4, 0.5) is 5.95 Å². The number of rotatable bonds is 6. The third-order valence-corrected chi connectivity index (χ3v) is 2.02. The molecular formula is C11H21N3O. The summed E-state index contributed by atoms with van der Waals surface area (Å²) >= 11 is 0. The van der Waals surface area contributed by atoms with E-state index in [0.29, 0.717) is 0 Å². The van der Waals surface area contributed by atoms with Crippen molar-refractivity contribution in [1.82, 2.24) is 9.55 Å². The number of nitrogens with zero attached hydrogens (tertiary/aromatic N) is 2. The van der Waals surface area contributed by atoms with Gasteiger partial charge in [-0.1, -0.05) is 0 Å². The largest absolute Gasteiger partial charge is 0.377 e. The zero-order chi connectivity index (χ0) is 11.3. The summed E-state index contributed by atoms with van der Waals surface area (Å²) < 4.78 is 7.61. The van der Waals surface area contributed by atoms with Crippen molar-refractivity contribution in [3.63, 3.8) is 0 Å². The first-order valence-corrected chi connectivity index (χ1v) is 5.52. The van der Waals surface area contributed by atoms with E-state index in [4.69, 9.17) is 4.74 Å². The van der Waals surface area contributed by atoms with Crippen molar-refractivity contribution in [2.75, 3.05) is 18.5 Å². The fourth-order valence-corrected chi connectivity index (χ4v) is 1.40. The summed E-state index contributed by atoms with van der Waals surface area (Å²) in [6, 6.07) is 0. The minimum absolute atomic E-state index is 0.289. The zero-order valence-electron chi connectivity index (χ0n) is 10.1. The van der Waals surface area contributed by atoms with Crippen LogP contribution in [0.3, 0.4) is 0 Å². The molecule has 0 saturated carbocycles. The summed E-state index contributed by atoms with van der Waals surface area (Å²) in [6.45, 7) is 10.6. The minimum Gasteiger partial charge on any atom is -0.377 e. The second-order valence-electron chi connectivity index (χ2n) is 3.85. The van der Waals surface area contributed by atoms with Gasteiger partial charge in [-0.25, -0.2) is 4.98 Å². The highest BCUT2D eigenvalue weighted by Gasteiger charge is 2.04. The molecule has 0 aliphatic carbocycles. The number of ether oxygens (including phenoxy) is 1. The minimum atomic E-state index is 0.289. The van der Waals surface area contributed by atoms with Crippen LogP contribution in [0.25, 0.3) is 0 Å². The van der Waals surface area contributed by atoms with Gasteiger partial charge in [0.05, 0.1) is 18.4 Å². The quantitative estimate of drug-likeness (QED) is 0.782. The molecule has 1 aromatic rings. The number of anilines is 1. The van der Waals surface area contributed by atoms with Crippen LogP contribution in [0.1, 0.15) is 26.5 Å². The Kier molecular flexibility index (Phi) is 4.62. The number of nitrogens with one attached hydrogen (secondary N) is 1. The highest BCUT2D eigenvalue weighted by Crippen LogP contribution is 2.07. The Morgan fingerprint density at radius 3 is 2.87 bits per heavy atom. The molecule has 0 bridgehead atoms. The topological polar surface area (TPSA) is 39.1 Å². The van der Waals surface area contributed by atoms with Crippen LogP contribution in [-0.4, -0.2) is 28.8 Å². The molecule has 86 valence electrons. The highest BCUT2D eigenvalue weighted by atomic mass is 16.5. The van der Waals surface area contributed by atoms with Crippen molar-refractivity contribution >= 4 is 5.95 Å². The lowest BCUT2D eigenvalue weighted by Crippen LogP contribution is -2.12. The van der Waals surface area contributed by atoms with E-state index in [1.807, 2.05) is 27.0 Å². The second kappa shape index (κ2) is 5.75. The molecule has 0 aliphatic rings. The SMILES string of the molecule is CCNc1nc(C)cn1CCOC(C)C. The maximum atomic E-state index is 5.51. The maximum Gasteiger partial charge on any atom is 0.203 e. The van der Waals surface area contributed by atoms with Crippen LogP contribution in [0, 0.1) is 6.92 Å². The Hall–Kier alpha value is -1.03. The fraction of sp³-hybridized carbons (Fsp3) is 0.727. The lowest BCUT2D eigenvalue weighted by atomic mass is 10.5. The average molecular weight is 211 g/mol. The fourth-order valence-electron chi connectivity index (χ4n) is 1.40. The number of imidazole rings is 1. The number of aryl methyl sites for hydroxylation is 1. The smallest absolute Gasteiger partial charge is 0.203 e. The van der Waals surface area contributed by atoms with E-state index in [9.17, 15) is 0 Å². The molecule has 1 rings (SSSR count). The van der Waals surface area contributed by atoms with Crippen LogP contribution in [0.15, 0.2) is 6.20 Å². The Morgan fingerprint density at radius 2 is 2.27 bits per heavy atom. The van der Waals surface area contributed by atoms with Gasteiger partial charge in [-0.05, 0) is 27.7 Å². The molecule has 0 fully saturated rings. The summed E-state index contributed by atoms with van der Waals surface area (Å²) in [5.74, 6) is 0.933. The van der Waals surface area contributed by atoms with Crippen LogP contribution >= 0.6 is 0 Å². The van der Waals surface area contributed by atoms with Gasteiger partial charge in [0.25, 0.3) is 0 Å². The number of hydrogen-bond acceptors (Lipinski definition) is 3. The molecule has 0 spiro atoms. The lowest BCUT2D eigenvalue weighted by molar-refractivity contribution is 0.0730. The number of aromatic nitrogens is 2. The van der Waals surface area contributed by atoms with Crippen LogP contribution in [0.5, 0.6) is 0 Å². The predicted octanol–water partition coefficient (Wildman–Crippen LogP) is 2.05. The maximum absolute atomic E-state index is 5.51. The van der Waals surface area contributed by atoms with Crippen LogP contribution in [0.2, 0.25) is 0 Å². The normalized spacial score (nSPS) is 11.0. The van der Waals surface area contributed by atoms with Crippen LogP contribution in [-0.2, 0) is 11.3 Å². The average Bonchev–Trinajstić information content (AvgIpc) is 2.47. The molecule has 1 aromatic heterocycles. The summed E-state index contributed by atoms with van der Waals surface area (Å²) in [6.07, 6.45) is 2.33. The summed E-state index contributed by atoms with van der Waals surface area (Å²) in [4.78, 5) is 4.39. The van der Waals surface area contributed by atoms with Gasteiger partial charge in [0, 0.05) is 19.3 Å². The number of hydrogen-bond donors (Lipinski definition) is 1. The molecule has 1 heterocycles. The van der Waals surface area contributed by atoms with Gasteiger partial charge >= 0.3 is 0 Å². The molecule has 4 nitrogen and oxygen atoms in total. The lowest BCUT2D eigenvalue weighted by Gasteiger charge is -2.10. The standard InChI is InChI=1S/C11H21N3O/c1-5-12-11-13-10(4)8-14(11)6-7-15-9(2)3/h8-9H,5-7H2,1-4H3,(H,12,13). The van der Waals surface area contributed by atoms with Gasteiger partial charge in [-0.3, -0.25) is 0 Å². The van der Waals surface area contributed by atoms with Crippen molar-refractivity contribution in [1.29, 1.82) is 0 Å². The molecule has 0 atom stereocenters. The van der Waals surface area contributed by atoms with Crippen molar-refractivity contribution in [2.24, 2.45) is 0 Å². The third kappa shape index (κ3) is 3.91. The molecule has 0 aliphatic heterocycles. The van der Waals surface area contributed by atoms with E-state index in [0.717, 1.165) is 31.3 Å². The molecule has 1 N–H and O–H groups in total.